The zero-order valence-corrected chi connectivity index (χ0v) is 37.0. The van der Waals surface area contributed by atoms with Crippen molar-refractivity contribution in [1.29, 1.82) is 5.41 Å². The number of aromatic nitrogens is 1. The molecule has 0 unspecified atom stereocenters. The second kappa shape index (κ2) is 24.2. The van der Waals surface area contributed by atoms with Gasteiger partial charge in [0.05, 0.1) is 5.54 Å². The minimum absolute atomic E-state index is 0. The van der Waals surface area contributed by atoms with Crippen molar-refractivity contribution < 1.29 is 34.1 Å². The van der Waals surface area contributed by atoms with E-state index >= 15 is 0 Å². The molecule has 0 saturated carbocycles. The van der Waals surface area contributed by atoms with Gasteiger partial charge in [0.1, 0.15) is 17.2 Å². The molecule has 4 rings (SSSR count). The first-order chi connectivity index (χ1) is 28.2. The van der Waals surface area contributed by atoms with E-state index in [0.29, 0.717) is 37.5 Å². The highest BCUT2D eigenvalue weighted by Crippen LogP contribution is 2.51. The normalized spacial score (nSPS) is 19.6. The summed E-state index contributed by atoms with van der Waals surface area (Å²) in [5.74, 6) is -3.82. The number of fused-ring (bicyclic) bond motifs is 4. The fourth-order valence-corrected chi connectivity index (χ4v) is 8.55. The van der Waals surface area contributed by atoms with E-state index in [-0.39, 0.29) is 43.8 Å². The molecule has 2 aliphatic rings. The molecular formula is C47H74F2N4O6. The summed E-state index contributed by atoms with van der Waals surface area (Å²) in [5.41, 5.74) is -2.29. The van der Waals surface area contributed by atoms with Gasteiger partial charge in [0.15, 0.2) is 5.69 Å². The second-order valence-electron chi connectivity index (χ2n) is 16.9. The summed E-state index contributed by atoms with van der Waals surface area (Å²) in [6.45, 7) is 13.2. The number of esters is 1. The second-order valence-corrected chi connectivity index (χ2v) is 16.9. The maximum Gasteiger partial charge on any atom is 0.308 e. The fourth-order valence-electron chi connectivity index (χ4n) is 8.55. The van der Waals surface area contributed by atoms with Gasteiger partial charge in [-0.2, -0.15) is 0 Å². The molecule has 3 atom stereocenters. The van der Waals surface area contributed by atoms with Gasteiger partial charge < -0.3 is 29.7 Å². The van der Waals surface area contributed by atoms with Crippen LogP contribution in [0.1, 0.15) is 198 Å². The van der Waals surface area contributed by atoms with Gasteiger partial charge in [-0.25, -0.2) is 8.78 Å². The number of nitrogens with zero attached hydrogens (tertiary/aromatic N) is 2. The maximum atomic E-state index is 14.4. The van der Waals surface area contributed by atoms with Gasteiger partial charge in [0.25, 0.3) is 11.8 Å². The van der Waals surface area contributed by atoms with Gasteiger partial charge in [-0.15, -0.1) is 0 Å². The standard InChI is InChI=1S/C45H66F2N4O6.C2H6.H2/c1-6-7-8-9-10-11-12-13-14-15-16-17-18-19-20-21-38(52)56-31-57-41-39-43(55)50-30-45(5,44(4,27-32(2)48)25-24-33(50)3)51(39)29-36(40(41)53)42(54)49-28-34-22-23-35(46)26-37(34)47;1-2;/h22-23,26,29,33,48H,6-21,24-25,27-28,30-31H2,1-5H3,(H,49,54);1-2H3;1H/t33-,44+,45+;;/m0../s1. The average Bonchev–Trinajstić information content (AvgIpc) is 3.28. The highest BCUT2D eigenvalue weighted by molar-refractivity contribution is 5.99. The van der Waals surface area contributed by atoms with Crippen molar-refractivity contribution >= 4 is 23.5 Å². The van der Waals surface area contributed by atoms with Crippen molar-refractivity contribution in [2.24, 2.45) is 5.41 Å². The summed E-state index contributed by atoms with van der Waals surface area (Å²) in [5, 5.41) is 11.0. The number of halogens is 2. The van der Waals surface area contributed by atoms with Gasteiger partial charge in [-0.05, 0) is 57.9 Å². The minimum Gasteiger partial charge on any atom is -0.451 e. The Balaban J connectivity index is 0.00000407. The van der Waals surface area contributed by atoms with Crippen molar-refractivity contribution in [1.82, 2.24) is 14.8 Å². The van der Waals surface area contributed by atoms with Gasteiger partial charge in [0, 0.05) is 50.5 Å². The van der Waals surface area contributed by atoms with E-state index in [2.05, 4.69) is 19.2 Å². The van der Waals surface area contributed by atoms with Crippen LogP contribution in [0.4, 0.5) is 8.78 Å². The summed E-state index contributed by atoms with van der Waals surface area (Å²) in [6.07, 6.45) is 21.4. The van der Waals surface area contributed by atoms with Gasteiger partial charge >= 0.3 is 5.97 Å². The Morgan fingerprint density at radius 3 is 2.07 bits per heavy atom. The molecule has 2 amide bonds. The molecule has 3 heterocycles. The number of amides is 2. The molecule has 1 fully saturated rings. The molecule has 332 valence electrons. The Morgan fingerprint density at radius 1 is 0.932 bits per heavy atom. The molecule has 2 aliphatic heterocycles. The van der Waals surface area contributed by atoms with E-state index in [1.165, 1.54) is 82.9 Å². The molecule has 12 heteroatoms. The minimum atomic E-state index is -0.891. The summed E-state index contributed by atoms with van der Waals surface area (Å²) in [6, 6.07) is 2.81. The number of pyridine rings is 1. The molecule has 0 spiro atoms. The monoisotopic (exact) mass is 829 g/mol. The Labute approximate surface area is 353 Å². The third-order valence-corrected chi connectivity index (χ3v) is 12.3. The maximum absolute atomic E-state index is 14.4. The lowest BCUT2D eigenvalue weighted by atomic mass is 9.65. The average molecular weight is 829 g/mol. The smallest absolute Gasteiger partial charge is 0.308 e. The number of carbonyl (C=O) groups excluding carboxylic acids is 3. The van der Waals surface area contributed by atoms with E-state index in [1.807, 2.05) is 27.7 Å². The molecular weight excluding hydrogens is 755 g/mol. The van der Waals surface area contributed by atoms with Crippen molar-refractivity contribution in [2.75, 3.05) is 13.3 Å². The largest absolute Gasteiger partial charge is 0.451 e. The SMILES string of the molecule is CC.CCCCCCCCCCCCCCCCCC(=O)OCOc1c2n(cc(C(=O)NCc3ccc(F)cc3F)c1=O)[C@]1(C)CN(C2=O)[C@@H](C)CC[C@]1(C)CC(C)=N.[HH]. The van der Waals surface area contributed by atoms with Crippen LogP contribution in [-0.2, 0) is 21.6 Å². The zero-order chi connectivity index (χ0) is 43.6. The van der Waals surface area contributed by atoms with Crippen LogP contribution in [0.25, 0.3) is 0 Å². The van der Waals surface area contributed by atoms with Crippen LogP contribution in [0.2, 0.25) is 0 Å². The first kappa shape index (κ1) is 49.3. The van der Waals surface area contributed by atoms with Crippen LogP contribution in [-0.4, -0.2) is 52.3 Å². The lowest BCUT2D eigenvalue weighted by molar-refractivity contribution is -0.150. The Kier molecular flexibility index (Phi) is 20.2. The Hall–Kier alpha value is -4.09. The van der Waals surface area contributed by atoms with Crippen molar-refractivity contribution in [2.45, 2.75) is 189 Å². The Morgan fingerprint density at radius 2 is 1.51 bits per heavy atom. The van der Waals surface area contributed by atoms with E-state index in [1.54, 1.807) is 16.4 Å². The number of benzene rings is 1. The molecule has 59 heavy (non-hydrogen) atoms. The summed E-state index contributed by atoms with van der Waals surface area (Å²) in [4.78, 5) is 56.5. The van der Waals surface area contributed by atoms with Crippen molar-refractivity contribution in [3.05, 3.63) is 63.1 Å². The predicted octanol–water partition coefficient (Wildman–Crippen LogP) is 11.3. The van der Waals surface area contributed by atoms with E-state index in [4.69, 9.17) is 14.9 Å². The first-order valence-corrected chi connectivity index (χ1v) is 22.4. The molecule has 1 saturated heterocycles. The van der Waals surface area contributed by atoms with Gasteiger partial charge in [-0.3, -0.25) is 19.2 Å². The number of carbonyl (C=O) groups is 3. The third kappa shape index (κ3) is 13.5. The summed E-state index contributed by atoms with van der Waals surface area (Å²) < 4.78 is 40.9. The molecule has 0 aliphatic carbocycles. The lowest BCUT2D eigenvalue weighted by Gasteiger charge is -2.52. The molecule has 1 aromatic carbocycles. The molecule has 2 bridgehead atoms. The number of hydrogen-bond donors (Lipinski definition) is 2. The number of hydrogen-bond acceptors (Lipinski definition) is 7. The first-order valence-electron chi connectivity index (χ1n) is 22.4. The van der Waals surface area contributed by atoms with Crippen LogP contribution in [0.15, 0.2) is 29.2 Å². The lowest BCUT2D eigenvalue weighted by Crippen LogP contribution is -2.60. The van der Waals surface area contributed by atoms with Crippen LogP contribution < -0.4 is 15.5 Å². The van der Waals surface area contributed by atoms with Gasteiger partial charge in [0.2, 0.25) is 18.0 Å². The van der Waals surface area contributed by atoms with Crippen LogP contribution in [0.5, 0.6) is 5.75 Å². The number of unbranched alkanes of at least 4 members (excludes halogenated alkanes) is 14. The molecule has 2 aromatic rings. The molecule has 1 aromatic heterocycles. The zero-order valence-electron chi connectivity index (χ0n) is 37.0. The van der Waals surface area contributed by atoms with Crippen molar-refractivity contribution in [3.63, 3.8) is 0 Å². The van der Waals surface area contributed by atoms with Crippen LogP contribution in [0, 0.1) is 22.5 Å². The van der Waals surface area contributed by atoms with E-state index in [0.717, 1.165) is 25.3 Å². The number of nitrogens with one attached hydrogen (secondary N) is 2. The van der Waals surface area contributed by atoms with Crippen LogP contribution in [0.3, 0.4) is 0 Å². The quantitative estimate of drug-likeness (QED) is 0.0469. The third-order valence-electron chi connectivity index (χ3n) is 12.3. The van der Waals surface area contributed by atoms with E-state index in [9.17, 15) is 28.0 Å². The highest BCUT2D eigenvalue weighted by Gasteiger charge is 2.55. The predicted molar refractivity (Wildman–Crippen MR) is 232 cm³/mol. The molecule has 0 radical (unpaired) electrons. The molecule has 10 nitrogen and oxygen atoms in total. The van der Waals surface area contributed by atoms with Crippen LogP contribution >= 0.6 is 0 Å². The number of ether oxygens (including phenoxy) is 2. The van der Waals surface area contributed by atoms with Gasteiger partial charge in [-0.1, -0.05) is 124 Å². The Bertz CT molecular complexity index is 1770. The summed E-state index contributed by atoms with van der Waals surface area (Å²) >= 11 is 0. The molecule has 2 N–H and O–H groups in total. The fraction of sp³-hybridized carbons (Fsp3) is 0.681. The van der Waals surface area contributed by atoms with Crippen molar-refractivity contribution in [3.8, 4) is 5.75 Å². The number of rotatable bonds is 24. The summed E-state index contributed by atoms with van der Waals surface area (Å²) in [7, 11) is 0. The van der Waals surface area contributed by atoms with E-state index < -0.39 is 58.3 Å². The topological polar surface area (TPSA) is 131 Å². The highest BCUT2D eigenvalue weighted by atomic mass is 19.1.